The molecule has 28 heavy (non-hydrogen) atoms. The maximum atomic E-state index is 12.3. The van der Waals surface area contributed by atoms with Crippen LogP contribution in [0.1, 0.15) is 26.4 Å². The Bertz CT molecular complexity index is 962. The number of rotatable bonds is 5. The first-order valence-electron chi connectivity index (χ1n) is 7.95. The molecular formula is C18H17N3O6S. The van der Waals surface area contributed by atoms with Crippen molar-refractivity contribution >= 4 is 46.0 Å². The number of benzene rings is 1. The fraction of sp³-hybridized carbons (Fsp3) is 0.167. The lowest BCUT2D eigenvalue weighted by atomic mass is 10.1. The highest BCUT2D eigenvalue weighted by molar-refractivity contribution is 7.16. The van der Waals surface area contributed by atoms with E-state index in [0.29, 0.717) is 16.1 Å². The van der Waals surface area contributed by atoms with Crippen molar-refractivity contribution in [2.45, 2.75) is 13.8 Å². The van der Waals surface area contributed by atoms with E-state index in [1.807, 2.05) is 0 Å². The number of nitrogens with one attached hydrogen (secondary N) is 2. The molecule has 0 aliphatic carbocycles. The molecule has 0 aliphatic heterocycles. The van der Waals surface area contributed by atoms with Gasteiger partial charge in [-0.3, -0.25) is 25.0 Å². The molecule has 10 heteroatoms. The maximum Gasteiger partial charge on any atom is 0.413 e. The maximum absolute atomic E-state index is 12.3. The zero-order chi connectivity index (χ0) is 20.8. The first-order valence-corrected chi connectivity index (χ1v) is 8.77. The summed E-state index contributed by atoms with van der Waals surface area (Å²) in [5, 5.41) is 15.6. The van der Waals surface area contributed by atoms with Gasteiger partial charge in [0.25, 0.3) is 11.6 Å². The average Bonchev–Trinajstić information content (AvgIpc) is 2.93. The number of nitrogens with zero attached hydrogens (tertiary/aromatic N) is 1. The number of thiophene rings is 1. The number of hydrogen-bond donors (Lipinski definition) is 2. The van der Waals surface area contributed by atoms with Crippen molar-refractivity contribution in [1.82, 2.24) is 5.32 Å². The van der Waals surface area contributed by atoms with Gasteiger partial charge in [-0.15, -0.1) is 11.3 Å². The molecule has 2 N–H and O–H groups in total. The van der Waals surface area contributed by atoms with Gasteiger partial charge >= 0.3 is 6.09 Å². The van der Waals surface area contributed by atoms with Gasteiger partial charge in [-0.05, 0) is 43.2 Å². The van der Waals surface area contributed by atoms with Crippen LogP contribution in [0.25, 0.3) is 6.08 Å². The molecule has 3 amide bonds. The predicted molar refractivity (Wildman–Crippen MR) is 104 cm³/mol. The highest BCUT2D eigenvalue weighted by Crippen LogP contribution is 2.32. The number of methoxy groups -OCH3 is 1. The van der Waals surface area contributed by atoms with Crippen LogP contribution in [0.3, 0.4) is 0 Å². The largest absolute Gasteiger partial charge is 0.453 e. The van der Waals surface area contributed by atoms with E-state index in [9.17, 15) is 24.5 Å². The topological polar surface area (TPSA) is 128 Å². The number of non-ortho nitro benzene ring substituents is 1. The van der Waals surface area contributed by atoms with Crippen LogP contribution in [0.5, 0.6) is 0 Å². The Morgan fingerprint density at radius 3 is 2.39 bits per heavy atom. The van der Waals surface area contributed by atoms with Crippen molar-refractivity contribution in [3.05, 3.63) is 62.0 Å². The fourth-order valence-corrected chi connectivity index (χ4v) is 3.29. The molecule has 2 rings (SSSR count). The van der Waals surface area contributed by atoms with Gasteiger partial charge in [0.05, 0.1) is 17.6 Å². The molecule has 0 fully saturated rings. The van der Waals surface area contributed by atoms with Crippen molar-refractivity contribution in [3.63, 3.8) is 0 Å². The van der Waals surface area contributed by atoms with E-state index in [0.717, 1.165) is 12.0 Å². The van der Waals surface area contributed by atoms with E-state index in [2.05, 4.69) is 15.4 Å². The van der Waals surface area contributed by atoms with E-state index >= 15 is 0 Å². The van der Waals surface area contributed by atoms with E-state index in [1.54, 1.807) is 13.8 Å². The van der Waals surface area contributed by atoms with Crippen molar-refractivity contribution in [3.8, 4) is 0 Å². The molecule has 0 unspecified atom stereocenters. The summed E-state index contributed by atoms with van der Waals surface area (Å²) >= 11 is 1.21. The second kappa shape index (κ2) is 8.91. The van der Waals surface area contributed by atoms with Crippen LogP contribution >= 0.6 is 11.3 Å². The third-order valence-electron chi connectivity index (χ3n) is 3.78. The molecule has 1 heterocycles. The first kappa shape index (κ1) is 20.8. The number of carbonyl (C=O) groups excluding carboxylic acids is 3. The van der Waals surface area contributed by atoms with E-state index in [1.165, 1.54) is 47.8 Å². The minimum Gasteiger partial charge on any atom is -0.453 e. The molecule has 0 bridgehead atoms. The minimum absolute atomic E-state index is 0.0487. The van der Waals surface area contributed by atoms with Crippen LogP contribution in [-0.4, -0.2) is 29.9 Å². The second-order valence-corrected chi connectivity index (χ2v) is 6.83. The smallest absolute Gasteiger partial charge is 0.413 e. The number of carbonyl (C=O) groups is 3. The van der Waals surface area contributed by atoms with Crippen LogP contribution in [0.15, 0.2) is 30.3 Å². The number of aryl methyl sites for hydroxylation is 1. The van der Waals surface area contributed by atoms with Crippen LogP contribution in [0.2, 0.25) is 0 Å². The SMILES string of the molecule is COC(=O)NC(=O)c1c(NC(=O)/C=C/c2ccc([N+](=O)[O-])cc2)sc(C)c1C. The number of amides is 3. The van der Waals surface area contributed by atoms with Gasteiger partial charge in [-0.2, -0.15) is 0 Å². The predicted octanol–water partition coefficient (Wildman–Crippen LogP) is 3.42. The molecule has 0 atom stereocenters. The summed E-state index contributed by atoms with van der Waals surface area (Å²) in [6, 6.07) is 5.69. The molecule has 1 aromatic carbocycles. The minimum atomic E-state index is -0.899. The monoisotopic (exact) mass is 403 g/mol. The first-order chi connectivity index (χ1) is 13.2. The Morgan fingerprint density at radius 2 is 1.82 bits per heavy atom. The van der Waals surface area contributed by atoms with E-state index in [-0.39, 0.29) is 11.3 Å². The van der Waals surface area contributed by atoms with Crippen molar-refractivity contribution in [2.24, 2.45) is 0 Å². The Hall–Kier alpha value is -3.53. The Morgan fingerprint density at radius 1 is 1.18 bits per heavy atom. The molecule has 0 saturated heterocycles. The van der Waals surface area contributed by atoms with E-state index < -0.39 is 22.8 Å². The standard InChI is InChI=1S/C18H17N3O6S/c1-10-11(2)28-17(15(10)16(23)20-18(24)27-3)19-14(22)9-6-12-4-7-13(8-5-12)21(25)26/h4-9H,1-3H3,(H,19,22)(H,20,23,24)/b9-6+. The van der Waals surface area contributed by atoms with Crippen LogP contribution < -0.4 is 10.6 Å². The number of ether oxygens (including phenoxy) is 1. The van der Waals surface area contributed by atoms with Crippen LogP contribution in [-0.2, 0) is 9.53 Å². The molecule has 146 valence electrons. The van der Waals surface area contributed by atoms with Gasteiger partial charge in [0, 0.05) is 23.1 Å². The van der Waals surface area contributed by atoms with Crippen LogP contribution in [0.4, 0.5) is 15.5 Å². The number of nitro benzene ring substituents is 1. The van der Waals surface area contributed by atoms with Gasteiger partial charge in [0.15, 0.2) is 0 Å². The van der Waals surface area contributed by atoms with E-state index in [4.69, 9.17) is 0 Å². The van der Waals surface area contributed by atoms with Gasteiger partial charge in [0.1, 0.15) is 5.00 Å². The normalized spacial score (nSPS) is 10.5. The summed E-state index contributed by atoms with van der Waals surface area (Å²) in [5.74, 6) is -1.17. The summed E-state index contributed by atoms with van der Waals surface area (Å²) in [5.41, 5.74) is 1.38. The lowest BCUT2D eigenvalue weighted by Crippen LogP contribution is -2.31. The van der Waals surface area contributed by atoms with Gasteiger partial charge < -0.3 is 10.1 Å². The number of hydrogen-bond acceptors (Lipinski definition) is 7. The molecule has 0 saturated carbocycles. The van der Waals surface area contributed by atoms with Crippen LogP contribution in [0, 0.1) is 24.0 Å². The summed E-state index contributed by atoms with van der Waals surface area (Å²) in [6.07, 6.45) is 1.83. The third kappa shape index (κ3) is 5.01. The fourth-order valence-electron chi connectivity index (χ4n) is 2.23. The number of imide groups is 1. The zero-order valence-electron chi connectivity index (χ0n) is 15.3. The molecular weight excluding hydrogens is 386 g/mol. The van der Waals surface area contributed by atoms with Crippen molar-refractivity contribution in [1.29, 1.82) is 0 Å². The third-order valence-corrected chi connectivity index (χ3v) is 4.90. The van der Waals surface area contributed by atoms with Crippen molar-refractivity contribution < 1.29 is 24.0 Å². The Labute approximate surface area is 164 Å². The lowest BCUT2D eigenvalue weighted by Gasteiger charge is -2.06. The highest BCUT2D eigenvalue weighted by atomic mass is 32.1. The summed E-state index contributed by atoms with van der Waals surface area (Å²) in [4.78, 5) is 46.7. The number of anilines is 1. The Kier molecular flexibility index (Phi) is 6.61. The van der Waals surface area contributed by atoms with Gasteiger partial charge in [0.2, 0.25) is 5.91 Å². The second-order valence-electron chi connectivity index (χ2n) is 5.60. The Balaban J connectivity index is 2.15. The lowest BCUT2D eigenvalue weighted by molar-refractivity contribution is -0.384. The zero-order valence-corrected chi connectivity index (χ0v) is 16.1. The average molecular weight is 403 g/mol. The van der Waals surface area contributed by atoms with Crippen molar-refractivity contribution in [2.75, 3.05) is 12.4 Å². The molecule has 9 nitrogen and oxygen atoms in total. The number of nitro groups is 1. The summed E-state index contributed by atoms with van der Waals surface area (Å²) in [7, 11) is 1.14. The summed E-state index contributed by atoms with van der Waals surface area (Å²) < 4.78 is 4.41. The molecule has 0 aliphatic rings. The van der Waals surface area contributed by atoms with Gasteiger partial charge in [-0.1, -0.05) is 0 Å². The molecule has 2 aromatic rings. The number of alkyl carbamates (subject to hydrolysis) is 1. The summed E-state index contributed by atoms with van der Waals surface area (Å²) in [6.45, 7) is 3.50. The molecule has 1 aromatic heterocycles. The molecule has 0 spiro atoms. The highest BCUT2D eigenvalue weighted by Gasteiger charge is 2.22. The molecule has 0 radical (unpaired) electrons. The van der Waals surface area contributed by atoms with Gasteiger partial charge in [-0.25, -0.2) is 4.79 Å². The quantitative estimate of drug-likeness (QED) is 0.447.